The summed E-state index contributed by atoms with van der Waals surface area (Å²) in [5.41, 5.74) is 0.740. The number of aromatic nitrogens is 2. The molecule has 1 aromatic heterocycles. The van der Waals surface area contributed by atoms with E-state index in [-0.39, 0.29) is 6.61 Å². The molecule has 0 aliphatic heterocycles. The summed E-state index contributed by atoms with van der Waals surface area (Å²) in [5, 5.41) is 13.6. The first kappa shape index (κ1) is 15.9. The Kier molecular flexibility index (Phi) is 5.73. The van der Waals surface area contributed by atoms with E-state index in [9.17, 15) is 0 Å². The topological polar surface area (TPSA) is 62.4 Å². The van der Waals surface area contributed by atoms with E-state index in [1.807, 2.05) is 18.2 Å². The van der Waals surface area contributed by atoms with Gasteiger partial charge in [0, 0.05) is 19.2 Å². The summed E-state index contributed by atoms with van der Waals surface area (Å²) in [5.74, 6) is 1.05. The number of aliphatic hydroxyl groups is 1. The van der Waals surface area contributed by atoms with Gasteiger partial charge in [-0.15, -0.1) is 0 Å². The van der Waals surface area contributed by atoms with Gasteiger partial charge in [-0.3, -0.25) is 4.90 Å². The van der Waals surface area contributed by atoms with E-state index in [1.165, 1.54) is 0 Å². The Hall–Kier alpha value is -1.43. The molecule has 0 amide bonds. The summed E-state index contributed by atoms with van der Waals surface area (Å²) in [6.07, 6.45) is 0.730. The Bertz CT molecular complexity index is 572. The lowest BCUT2D eigenvalue weighted by Gasteiger charge is -2.24. The molecule has 114 valence electrons. The normalized spacial score (nSPS) is 11.5. The molecule has 0 aliphatic rings. The van der Waals surface area contributed by atoms with Gasteiger partial charge in [0.05, 0.1) is 17.1 Å². The Morgan fingerprint density at radius 3 is 2.76 bits per heavy atom. The average molecular weight is 310 g/mol. The first-order valence-corrected chi connectivity index (χ1v) is 7.42. The fraction of sp³-hybridized carbons (Fsp3) is 0.467. The average Bonchev–Trinajstić information content (AvgIpc) is 2.92. The minimum atomic E-state index is 0.181. The van der Waals surface area contributed by atoms with Crippen molar-refractivity contribution in [1.29, 1.82) is 0 Å². The summed E-state index contributed by atoms with van der Waals surface area (Å²) >= 11 is 6.13. The maximum Gasteiger partial charge on any atom is 0.259 e. The third kappa shape index (κ3) is 4.27. The van der Waals surface area contributed by atoms with Crippen molar-refractivity contribution in [2.45, 2.75) is 32.9 Å². The molecule has 1 aromatic carbocycles. The third-order valence-electron chi connectivity index (χ3n) is 3.25. The van der Waals surface area contributed by atoms with Gasteiger partial charge in [0.1, 0.15) is 0 Å². The molecule has 1 N–H and O–H groups in total. The first-order chi connectivity index (χ1) is 10.1. The molecule has 2 rings (SSSR count). The van der Waals surface area contributed by atoms with Crippen molar-refractivity contribution in [3.63, 3.8) is 0 Å². The van der Waals surface area contributed by atoms with Crippen LogP contribution in [0.15, 0.2) is 28.8 Å². The van der Waals surface area contributed by atoms with Crippen LogP contribution in [-0.2, 0) is 6.54 Å². The molecule has 0 saturated heterocycles. The molecule has 6 heteroatoms. The van der Waals surface area contributed by atoms with Crippen molar-refractivity contribution in [3.05, 3.63) is 35.1 Å². The summed E-state index contributed by atoms with van der Waals surface area (Å²) in [4.78, 5) is 6.60. The molecular weight excluding hydrogens is 290 g/mol. The van der Waals surface area contributed by atoms with Gasteiger partial charge in [0.2, 0.25) is 0 Å². The van der Waals surface area contributed by atoms with Crippen LogP contribution in [-0.4, -0.2) is 39.3 Å². The largest absolute Gasteiger partial charge is 0.396 e. The van der Waals surface area contributed by atoms with Gasteiger partial charge >= 0.3 is 0 Å². The van der Waals surface area contributed by atoms with E-state index >= 15 is 0 Å². The molecule has 21 heavy (non-hydrogen) atoms. The van der Waals surface area contributed by atoms with Crippen molar-refractivity contribution in [3.8, 4) is 11.5 Å². The van der Waals surface area contributed by atoms with Crippen LogP contribution >= 0.6 is 11.6 Å². The molecular formula is C15H20ClN3O2. The van der Waals surface area contributed by atoms with Gasteiger partial charge in [-0.25, -0.2) is 0 Å². The summed E-state index contributed by atoms with van der Waals surface area (Å²) < 4.78 is 5.30. The predicted molar refractivity (Wildman–Crippen MR) is 82.0 cm³/mol. The first-order valence-electron chi connectivity index (χ1n) is 7.04. The minimum absolute atomic E-state index is 0.181. The third-order valence-corrected chi connectivity index (χ3v) is 3.58. The second-order valence-electron chi connectivity index (χ2n) is 5.14. The molecule has 0 fully saturated rings. The zero-order valence-electron chi connectivity index (χ0n) is 12.3. The molecule has 0 saturated carbocycles. The van der Waals surface area contributed by atoms with Gasteiger partial charge in [-0.2, -0.15) is 4.98 Å². The Morgan fingerprint density at radius 2 is 2.10 bits per heavy atom. The lowest BCUT2D eigenvalue weighted by atomic mass is 10.2. The zero-order valence-corrected chi connectivity index (χ0v) is 13.0. The van der Waals surface area contributed by atoms with Crippen LogP contribution in [0.2, 0.25) is 5.02 Å². The van der Waals surface area contributed by atoms with Crippen LogP contribution in [0.1, 0.15) is 26.1 Å². The molecule has 0 bridgehead atoms. The highest BCUT2D eigenvalue weighted by Gasteiger charge is 2.16. The highest BCUT2D eigenvalue weighted by molar-refractivity contribution is 6.33. The molecule has 0 aliphatic carbocycles. The van der Waals surface area contributed by atoms with E-state index in [4.69, 9.17) is 21.2 Å². The van der Waals surface area contributed by atoms with Crippen LogP contribution in [0, 0.1) is 0 Å². The maximum atomic E-state index is 8.96. The van der Waals surface area contributed by atoms with Crippen molar-refractivity contribution in [2.75, 3.05) is 13.2 Å². The lowest BCUT2D eigenvalue weighted by molar-refractivity contribution is 0.179. The number of hydrogen-bond acceptors (Lipinski definition) is 5. The van der Waals surface area contributed by atoms with Crippen LogP contribution < -0.4 is 0 Å². The number of hydrogen-bond donors (Lipinski definition) is 1. The van der Waals surface area contributed by atoms with E-state index in [2.05, 4.69) is 28.9 Å². The lowest BCUT2D eigenvalue weighted by Crippen LogP contribution is -2.32. The van der Waals surface area contributed by atoms with Crippen molar-refractivity contribution < 1.29 is 9.63 Å². The summed E-state index contributed by atoms with van der Waals surface area (Å²) in [6.45, 7) is 5.77. The van der Waals surface area contributed by atoms with Crippen molar-refractivity contribution in [1.82, 2.24) is 15.0 Å². The molecule has 1 heterocycles. The predicted octanol–water partition coefficient (Wildman–Crippen LogP) is 2.98. The Balaban J connectivity index is 2.10. The van der Waals surface area contributed by atoms with Crippen LogP contribution in [0.25, 0.3) is 11.5 Å². The molecule has 0 atom stereocenters. The smallest absolute Gasteiger partial charge is 0.259 e. The quantitative estimate of drug-likeness (QED) is 0.852. The fourth-order valence-electron chi connectivity index (χ4n) is 2.04. The standard InChI is InChI=1S/C15H20ClN3O2/c1-11(2)19(8-5-9-20)10-14-17-15(21-18-14)12-6-3-4-7-13(12)16/h3-4,6-7,11,20H,5,8-10H2,1-2H3. The number of aliphatic hydroxyl groups excluding tert-OH is 1. The second kappa shape index (κ2) is 7.54. The molecule has 0 spiro atoms. The number of nitrogens with zero attached hydrogens (tertiary/aromatic N) is 3. The van der Waals surface area contributed by atoms with Gasteiger partial charge in [0.25, 0.3) is 5.89 Å². The van der Waals surface area contributed by atoms with Gasteiger partial charge < -0.3 is 9.63 Å². The molecule has 2 aromatic rings. The number of halogens is 1. The van der Waals surface area contributed by atoms with E-state index in [0.29, 0.717) is 29.3 Å². The summed E-state index contributed by atoms with van der Waals surface area (Å²) in [6, 6.07) is 7.73. The summed E-state index contributed by atoms with van der Waals surface area (Å²) in [7, 11) is 0. The molecule has 0 radical (unpaired) electrons. The Labute approximate surface area is 129 Å². The molecule has 0 unspecified atom stereocenters. The maximum absolute atomic E-state index is 8.96. The minimum Gasteiger partial charge on any atom is -0.396 e. The van der Waals surface area contributed by atoms with Crippen molar-refractivity contribution in [2.24, 2.45) is 0 Å². The van der Waals surface area contributed by atoms with Crippen LogP contribution in [0.5, 0.6) is 0 Å². The zero-order chi connectivity index (χ0) is 15.2. The van der Waals surface area contributed by atoms with Crippen LogP contribution in [0.3, 0.4) is 0 Å². The Morgan fingerprint density at radius 1 is 1.33 bits per heavy atom. The second-order valence-corrected chi connectivity index (χ2v) is 5.54. The SMILES string of the molecule is CC(C)N(CCCO)Cc1noc(-c2ccccc2Cl)n1. The number of benzene rings is 1. The molecule has 5 nitrogen and oxygen atoms in total. The monoisotopic (exact) mass is 309 g/mol. The van der Waals surface area contributed by atoms with Gasteiger partial charge in [-0.1, -0.05) is 28.9 Å². The van der Waals surface area contributed by atoms with Crippen molar-refractivity contribution >= 4 is 11.6 Å². The highest BCUT2D eigenvalue weighted by atomic mass is 35.5. The highest BCUT2D eigenvalue weighted by Crippen LogP contribution is 2.26. The number of rotatable bonds is 7. The fourth-order valence-corrected chi connectivity index (χ4v) is 2.25. The van der Waals surface area contributed by atoms with Gasteiger partial charge in [0.15, 0.2) is 5.82 Å². The van der Waals surface area contributed by atoms with E-state index in [0.717, 1.165) is 18.5 Å². The van der Waals surface area contributed by atoms with E-state index < -0.39 is 0 Å². The van der Waals surface area contributed by atoms with Gasteiger partial charge in [-0.05, 0) is 32.4 Å². The van der Waals surface area contributed by atoms with E-state index in [1.54, 1.807) is 6.07 Å². The van der Waals surface area contributed by atoms with Crippen LogP contribution in [0.4, 0.5) is 0 Å².